The van der Waals surface area contributed by atoms with Crippen LogP contribution < -0.4 is 10.9 Å². The van der Waals surface area contributed by atoms with Crippen LogP contribution in [0.25, 0.3) is 0 Å². The zero-order valence-corrected chi connectivity index (χ0v) is 11.2. The standard InChI is InChI=1S/C14H22N2O2/c1-3-12(4-2)11-15-13(17)8-10-16-9-6-5-7-14(16)18/h5-7,9,12H,3-4,8,10-11H2,1-2H3,(H,15,17). The van der Waals surface area contributed by atoms with E-state index in [-0.39, 0.29) is 11.5 Å². The van der Waals surface area contributed by atoms with E-state index < -0.39 is 0 Å². The summed E-state index contributed by atoms with van der Waals surface area (Å²) in [6.45, 7) is 5.43. The Kier molecular flexibility index (Phi) is 6.19. The fourth-order valence-corrected chi connectivity index (χ4v) is 1.79. The highest BCUT2D eigenvalue weighted by Crippen LogP contribution is 2.05. The fraction of sp³-hybridized carbons (Fsp3) is 0.571. The lowest BCUT2D eigenvalue weighted by Crippen LogP contribution is -2.30. The van der Waals surface area contributed by atoms with Gasteiger partial charge in [0.1, 0.15) is 0 Å². The molecule has 0 aliphatic heterocycles. The summed E-state index contributed by atoms with van der Waals surface area (Å²) in [5, 5.41) is 2.92. The molecule has 0 aromatic carbocycles. The van der Waals surface area contributed by atoms with Crippen LogP contribution in [-0.4, -0.2) is 17.0 Å². The van der Waals surface area contributed by atoms with E-state index >= 15 is 0 Å². The molecule has 0 atom stereocenters. The molecular weight excluding hydrogens is 228 g/mol. The van der Waals surface area contributed by atoms with Gasteiger partial charge in [-0.05, 0) is 12.0 Å². The second-order valence-corrected chi connectivity index (χ2v) is 4.47. The minimum absolute atomic E-state index is 0.0117. The van der Waals surface area contributed by atoms with Crippen LogP contribution in [0.5, 0.6) is 0 Å². The van der Waals surface area contributed by atoms with Crippen molar-refractivity contribution in [3.63, 3.8) is 0 Å². The Hall–Kier alpha value is -1.58. The highest BCUT2D eigenvalue weighted by Gasteiger charge is 2.06. The molecule has 0 saturated carbocycles. The molecule has 1 rings (SSSR count). The Bertz CT molecular complexity index is 422. The average Bonchev–Trinajstić information content (AvgIpc) is 2.39. The summed E-state index contributed by atoms with van der Waals surface area (Å²) in [4.78, 5) is 23.1. The van der Waals surface area contributed by atoms with Crippen LogP contribution in [0.4, 0.5) is 0 Å². The van der Waals surface area contributed by atoms with Crippen molar-refractivity contribution in [2.24, 2.45) is 5.92 Å². The highest BCUT2D eigenvalue weighted by atomic mass is 16.1. The van der Waals surface area contributed by atoms with Crippen LogP contribution in [0.3, 0.4) is 0 Å². The Balaban J connectivity index is 2.34. The first-order valence-corrected chi connectivity index (χ1v) is 6.59. The number of hydrogen-bond donors (Lipinski definition) is 1. The third-order valence-electron chi connectivity index (χ3n) is 3.22. The highest BCUT2D eigenvalue weighted by molar-refractivity contribution is 5.75. The molecule has 0 spiro atoms. The number of nitrogens with zero attached hydrogens (tertiary/aromatic N) is 1. The van der Waals surface area contributed by atoms with E-state index in [4.69, 9.17) is 0 Å². The second-order valence-electron chi connectivity index (χ2n) is 4.47. The molecule has 18 heavy (non-hydrogen) atoms. The van der Waals surface area contributed by atoms with Crippen LogP contribution in [0, 0.1) is 5.92 Å². The number of aryl methyl sites for hydroxylation is 1. The Morgan fingerprint density at radius 1 is 1.33 bits per heavy atom. The molecule has 0 unspecified atom stereocenters. The molecule has 1 aromatic rings. The third-order valence-corrected chi connectivity index (χ3v) is 3.22. The summed E-state index contributed by atoms with van der Waals surface area (Å²) in [5.74, 6) is 0.561. The van der Waals surface area contributed by atoms with Gasteiger partial charge in [0.05, 0.1) is 0 Å². The summed E-state index contributed by atoms with van der Waals surface area (Å²) in [7, 11) is 0. The van der Waals surface area contributed by atoms with Gasteiger partial charge in [-0.2, -0.15) is 0 Å². The van der Waals surface area contributed by atoms with Crippen molar-refractivity contribution in [3.8, 4) is 0 Å². The minimum Gasteiger partial charge on any atom is -0.356 e. The number of rotatable bonds is 7. The molecule has 0 bridgehead atoms. The zero-order valence-electron chi connectivity index (χ0n) is 11.2. The summed E-state index contributed by atoms with van der Waals surface area (Å²) >= 11 is 0. The molecule has 1 heterocycles. The SMILES string of the molecule is CCC(CC)CNC(=O)CCn1ccccc1=O. The van der Waals surface area contributed by atoms with Crippen LogP contribution in [0.2, 0.25) is 0 Å². The first-order chi connectivity index (χ1) is 8.67. The van der Waals surface area contributed by atoms with E-state index in [1.165, 1.54) is 6.07 Å². The van der Waals surface area contributed by atoms with E-state index in [0.717, 1.165) is 19.4 Å². The van der Waals surface area contributed by atoms with Crippen LogP contribution in [0.1, 0.15) is 33.1 Å². The molecule has 1 amide bonds. The Labute approximate surface area is 108 Å². The van der Waals surface area contributed by atoms with Crippen LogP contribution in [-0.2, 0) is 11.3 Å². The summed E-state index contributed by atoms with van der Waals surface area (Å²) in [6.07, 6.45) is 4.21. The Morgan fingerprint density at radius 3 is 2.67 bits per heavy atom. The predicted molar refractivity (Wildman–Crippen MR) is 72.4 cm³/mol. The van der Waals surface area contributed by atoms with Gasteiger partial charge in [-0.1, -0.05) is 32.8 Å². The van der Waals surface area contributed by atoms with Gasteiger partial charge in [-0.25, -0.2) is 0 Å². The number of carbonyl (C=O) groups excluding carboxylic acids is 1. The third kappa shape index (κ3) is 4.73. The van der Waals surface area contributed by atoms with Crippen LogP contribution in [0.15, 0.2) is 29.2 Å². The number of pyridine rings is 1. The predicted octanol–water partition coefficient (Wildman–Crippen LogP) is 1.79. The number of amides is 1. The maximum Gasteiger partial charge on any atom is 0.250 e. The summed E-state index contributed by atoms with van der Waals surface area (Å²) in [6, 6.07) is 5.00. The molecule has 0 saturated heterocycles. The molecule has 1 aromatic heterocycles. The van der Waals surface area contributed by atoms with Gasteiger partial charge in [0, 0.05) is 31.8 Å². The maximum atomic E-state index is 11.6. The van der Waals surface area contributed by atoms with Crippen LogP contribution >= 0.6 is 0 Å². The quantitative estimate of drug-likeness (QED) is 0.802. The van der Waals surface area contributed by atoms with Crippen molar-refractivity contribution >= 4 is 5.91 Å². The lowest BCUT2D eigenvalue weighted by atomic mass is 10.0. The van der Waals surface area contributed by atoms with Gasteiger partial charge in [-0.3, -0.25) is 9.59 Å². The van der Waals surface area contributed by atoms with E-state index in [0.29, 0.717) is 18.9 Å². The number of hydrogen-bond acceptors (Lipinski definition) is 2. The molecular formula is C14H22N2O2. The second kappa shape index (κ2) is 7.69. The van der Waals surface area contributed by atoms with Crippen molar-refractivity contribution < 1.29 is 4.79 Å². The van der Waals surface area contributed by atoms with Gasteiger partial charge < -0.3 is 9.88 Å². The van der Waals surface area contributed by atoms with E-state index in [2.05, 4.69) is 19.2 Å². The van der Waals surface area contributed by atoms with E-state index in [9.17, 15) is 9.59 Å². The molecule has 4 heteroatoms. The molecule has 0 fully saturated rings. The van der Waals surface area contributed by atoms with Crippen molar-refractivity contribution in [2.75, 3.05) is 6.54 Å². The summed E-state index contributed by atoms with van der Waals surface area (Å²) < 4.78 is 1.55. The van der Waals surface area contributed by atoms with Gasteiger partial charge in [0.25, 0.3) is 5.56 Å². The molecule has 1 N–H and O–H groups in total. The molecule has 0 aliphatic carbocycles. The maximum absolute atomic E-state index is 11.6. The Morgan fingerprint density at radius 2 is 2.06 bits per heavy atom. The monoisotopic (exact) mass is 250 g/mol. The zero-order chi connectivity index (χ0) is 13.4. The van der Waals surface area contributed by atoms with E-state index in [1.54, 1.807) is 22.9 Å². The largest absolute Gasteiger partial charge is 0.356 e. The summed E-state index contributed by atoms with van der Waals surface area (Å²) in [5.41, 5.74) is -0.0645. The molecule has 0 radical (unpaired) electrons. The topological polar surface area (TPSA) is 51.1 Å². The molecule has 0 aliphatic rings. The number of nitrogens with one attached hydrogen (secondary N) is 1. The number of carbonyl (C=O) groups is 1. The number of aromatic nitrogens is 1. The average molecular weight is 250 g/mol. The molecule has 100 valence electrons. The van der Waals surface area contributed by atoms with Crippen molar-refractivity contribution in [3.05, 3.63) is 34.7 Å². The minimum atomic E-state index is -0.0645. The normalized spacial score (nSPS) is 10.6. The lowest BCUT2D eigenvalue weighted by molar-refractivity contribution is -0.121. The van der Waals surface area contributed by atoms with Gasteiger partial charge in [0.15, 0.2) is 0 Å². The van der Waals surface area contributed by atoms with Crippen molar-refractivity contribution in [1.29, 1.82) is 0 Å². The van der Waals surface area contributed by atoms with E-state index in [1.807, 2.05) is 0 Å². The van der Waals surface area contributed by atoms with Gasteiger partial charge >= 0.3 is 0 Å². The van der Waals surface area contributed by atoms with Gasteiger partial charge in [0.2, 0.25) is 5.91 Å². The first-order valence-electron chi connectivity index (χ1n) is 6.59. The molecule has 4 nitrogen and oxygen atoms in total. The van der Waals surface area contributed by atoms with Gasteiger partial charge in [-0.15, -0.1) is 0 Å². The van der Waals surface area contributed by atoms with Crippen molar-refractivity contribution in [1.82, 2.24) is 9.88 Å². The fourth-order valence-electron chi connectivity index (χ4n) is 1.79. The lowest BCUT2D eigenvalue weighted by Gasteiger charge is -2.13. The first kappa shape index (κ1) is 14.5. The van der Waals surface area contributed by atoms with Crippen molar-refractivity contribution in [2.45, 2.75) is 39.7 Å². The smallest absolute Gasteiger partial charge is 0.250 e.